The van der Waals surface area contributed by atoms with Gasteiger partial charge < -0.3 is 5.32 Å². The molecule has 56 valence electrons. The zero-order chi connectivity index (χ0) is 7.40. The molecule has 1 aliphatic rings. The van der Waals surface area contributed by atoms with Gasteiger partial charge in [0.25, 0.3) is 0 Å². The topological polar surface area (TPSA) is 35.8 Å². The average molecular weight is 156 g/mol. The number of hydrogen-bond donors (Lipinski definition) is 2. The molecule has 10 heavy (non-hydrogen) atoms. The van der Waals surface area contributed by atoms with Gasteiger partial charge in [0.2, 0.25) is 0 Å². The smallest absolute Gasteiger partial charge is 0.0638 e. The normalized spacial score (nSPS) is 32.0. The summed E-state index contributed by atoms with van der Waals surface area (Å²) in [6.45, 7) is 1.04. The molecule has 0 aliphatic carbocycles. The van der Waals surface area contributed by atoms with Gasteiger partial charge in [-0.1, -0.05) is 0 Å². The molecule has 0 saturated carbocycles. The van der Waals surface area contributed by atoms with Crippen LogP contribution in [0.2, 0.25) is 0 Å². The van der Waals surface area contributed by atoms with Gasteiger partial charge in [-0.3, -0.25) is 0 Å². The molecule has 1 fully saturated rings. The van der Waals surface area contributed by atoms with Crippen LogP contribution in [0.25, 0.3) is 0 Å². The monoisotopic (exact) mass is 156 g/mol. The molecular formula is C7H12N2S. The minimum Gasteiger partial charge on any atom is -0.313 e. The van der Waals surface area contributed by atoms with Crippen molar-refractivity contribution >= 4 is 12.6 Å². The Labute approximate surface area is 67.0 Å². The van der Waals surface area contributed by atoms with Crippen LogP contribution in [-0.4, -0.2) is 18.3 Å². The van der Waals surface area contributed by atoms with E-state index in [1.165, 1.54) is 0 Å². The molecule has 2 nitrogen and oxygen atoms in total. The van der Waals surface area contributed by atoms with Gasteiger partial charge in [-0.25, -0.2) is 0 Å². The summed E-state index contributed by atoms with van der Waals surface area (Å²) in [5.74, 6) is 1.62. The van der Waals surface area contributed by atoms with E-state index in [0.717, 1.165) is 18.7 Å². The summed E-state index contributed by atoms with van der Waals surface area (Å²) in [5, 5.41) is 11.7. The lowest BCUT2D eigenvalue weighted by Crippen LogP contribution is -2.20. The molecule has 1 N–H and O–H groups in total. The standard InChI is InChI=1S/C7H12N2S/c8-2-1-7-3-6(5-10)4-9-7/h6-7,9-10H,1,3-5H2/t6?,7-/m1/s1. The Morgan fingerprint density at radius 2 is 2.50 bits per heavy atom. The first kappa shape index (κ1) is 7.90. The van der Waals surface area contributed by atoms with E-state index in [1.807, 2.05) is 0 Å². The van der Waals surface area contributed by atoms with Gasteiger partial charge in [-0.2, -0.15) is 17.9 Å². The van der Waals surface area contributed by atoms with Crippen LogP contribution in [0.4, 0.5) is 0 Å². The van der Waals surface area contributed by atoms with E-state index in [-0.39, 0.29) is 0 Å². The first-order valence-corrected chi connectivity index (χ1v) is 4.21. The Balaban J connectivity index is 2.23. The molecule has 1 rings (SSSR count). The van der Waals surface area contributed by atoms with Crippen molar-refractivity contribution < 1.29 is 0 Å². The summed E-state index contributed by atoms with van der Waals surface area (Å²) >= 11 is 4.20. The van der Waals surface area contributed by atoms with Crippen LogP contribution in [0, 0.1) is 17.2 Å². The molecule has 1 unspecified atom stereocenters. The highest BCUT2D eigenvalue weighted by molar-refractivity contribution is 7.80. The van der Waals surface area contributed by atoms with E-state index in [2.05, 4.69) is 24.0 Å². The third-order valence-electron chi connectivity index (χ3n) is 1.91. The highest BCUT2D eigenvalue weighted by Gasteiger charge is 2.21. The van der Waals surface area contributed by atoms with Gasteiger partial charge in [-0.05, 0) is 24.6 Å². The molecule has 3 heteroatoms. The maximum absolute atomic E-state index is 8.38. The van der Waals surface area contributed by atoms with E-state index in [1.54, 1.807) is 0 Å². The number of nitrogens with zero attached hydrogens (tertiary/aromatic N) is 1. The molecule has 2 atom stereocenters. The van der Waals surface area contributed by atoms with Crippen molar-refractivity contribution in [2.24, 2.45) is 5.92 Å². The first-order valence-electron chi connectivity index (χ1n) is 3.58. The molecule has 0 aromatic rings. The second-order valence-electron chi connectivity index (χ2n) is 2.75. The van der Waals surface area contributed by atoms with Crippen LogP contribution in [0.3, 0.4) is 0 Å². The van der Waals surface area contributed by atoms with E-state index in [9.17, 15) is 0 Å². The third-order valence-corrected chi connectivity index (χ3v) is 2.43. The molecule has 0 bridgehead atoms. The van der Waals surface area contributed by atoms with Crippen LogP contribution < -0.4 is 5.32 Å². The van der Waals surface area contributed by atoms with E-state index < -0.39 is 0 Å². The summed E-state index contributed by atoms with van der Waals surface area (Å²) in [6.07, 6.45) is 1.77. The predicted octanol–water partition coefficient (Wildman–Crippen LogP) is 0.808. The third kappa shape index (κ3) is 1.89. The minimum absolute atomic E-state index is 0.433. The van der Waals surface area contributed by atoms with Gasteiger partial charge in [0.15, 0.2) is 0 Å². The van der Waals surface area contributed by atoms with Gasteiger partial charge in [0.05, 0.1) is 12.5 Å². The Kier molecular flexibility index (Phi) is 3.04. The van der Waals surface area contributed by atoms with Crippen LogP contribution in [-0.2, 0) is 0 Å². The minimum atomic E-state index is 0.433. The lowest BCUT2D eigenvalue weighted by atomic mass is 10.1. The van der Waals surface area contributed by atoms with Gasteiger partial charge >= 0.3 is 0 Å². The zero-order valence-corrected chi connectivity index (χ0v) is 6.77. The zero-order valence-electron chi connectivity index (χ0n) is 5.88. The van der Waals surface area contributed by atoms with Crippen LogP contribution >= 0.6 is 12.6 Å². The van der Waals surface area contributed by atoms with Gasteiger partial charge in [0.1, 0.15) is 0 Å². The number of nitriles is 1. The van der Waals surface area contributed by atoms with E-state index in [4.69, 9.17) is 5.26 Å². The summed E-state index contributed by atoms with van der Waals surface area (Å²) < 4.78 is 0. The molecule has 0 radical (unpaired) electrons. The SMILES string of the molecule is N#CC[C@@H]1CC(CS)CN1. The lowest BCUT2D eigenvalue weighted by Gasteiger charge is -2.02. The first-order chi connectivity index (χ1) is 4.86. The largest absolute Gasteiger partial charge is 0.313 e. The average Bonchev–Trinajstić information content (AvgIpc) is 2.37. The Morgan fingerprint density at radius 1 is 1.70 bits per heavy atom. The van der Waals surface area contributed by atoms with Crippen LogP contribution in [0.5, 0.6) is 0 Å². The van der Waals surface area contributed by atoms with Gasteiger partial charge in [-0.15, -0.1) is 0 Å². The van der Waals surface area contributed by atoms with Crippen molar-refractivity contribution in [2.75, 3.05) is 12.3 Å². The van der Waals surface area contributed by atoms with Crippen molar-refractivity contribution in [1.29, 1.82) is 5.26 Å². The molecular weight excluding hydrogens is 144 g/mol. The maximum atomic E-state index is 8.38. The molecule has 0 aromatic heterocycles. The Morgan fingerprint density at radius 3 is 3.00 bits per heavy atom. The van der Waals surface area contributed by atoms with E-state index >= 15 is 0 Å². The van der Waals surface area contributed by atoms with Crippen molar-refractivity contribution in [3.63, 3.8) is 0 Å². The molecule has 0 spiro atoms. The summed E-state index contributed by atoms with van der Waals surface area (Å²) in [6, 6.07) is 2.60. The number of nitrogens with one attached hydrogen (secondary N) is 1. The summed E-state index contributed by atoms with van der Waals surface area (Å²) in [5.41, 5.74) is 0. The molecule has 0 amide bonds. The number of hydrogen-bond acceptors (Lipinski definition) is 3. The Bertz CT molecular complexity index is 141. The number of thiol groups is 1. The highest BCUT2D eigenvalue weighted by atomic mass is 32.1. The quantitative estimate of drug-likeness (QED) is 0.580. The fourth-order valence-electron chi connectivity index (χ4n) is 1.31. The maximum Gasteiger partial charge on any atom is 0.0638 e. The number of rotatable bonds is 2. The van der Waals surface area contributed by atoms with Crippen molar-refractivity contribution in [1.82, 2.24) is 5.32 Å². The molecule has 1 aliphatic heterocycles. The summed E-state index contributed by atoms with van der Waals surface area (Å²) in [7, 11) is 0. The fraction of sp³-hybridized carbons (Fsp3) is 0.857. The Hall–Kier alpha value is -0.200. The summed E-state index contributed by atoms with van der Waals surface area (Å²) in [4.78, 5) is 0. The highest BCUT2D eigenvalue weighted by Crippen LogP contribution is 2.16. The molecule has 0 aromatic carbocycles. The van der Waals surface area contributed by atoms with Crippen molar-refractivity contribution in [2.45, 2.75) is 18.9 Å². The fourth-order valence-corrected chi connectivity index (χ4v) is 1.59. The second-order valence-corrected chi connectivity index (χ2v) is 3.12. The van der Waals surface area contributed by atoms with Crippen LogP contribution in [0.15, 0.2) is 0 Å². The van der Waals surface area contributed by atoms with Crippen LogP contribution in [0.1, 0.15) is 12.8 Å². The van der Waals surface area contributed by atoms with Gasteiger partial charge in [0, 0.05) is 6.04 Å². The second kappa shape index (κ2) is 3.85. The van der Waals surface area contributed by atoms with E-state index in [0.29, 0.717) is 18.4 Å². The predicted molar refractivity (Wildman–Crippen MR) is 44.0 cm³/mol. The van der Waals surface area contributed by atoms with Crippen molar-refractivity contribution in [3.8, 4) is 6.07 Å². The molecule has 1 saturated heterocycles. The lowest BCUT2D eigenvalue weighted by molar-refractivity contribution is 0.598. The van der Waals surface area contributed by atoms with Crippen molar-refractivity contribution in [3.05, 3.63) is 0 Å². The molecule has 1 heterocycles.